The molecule has 1 aromatic rings. The van der Waals surface area contributed by atoms with Gasteiger partial charge in [0.05, 0.1) is 6.07 Å². The number of nitriles is 1. The minimum Gasteiger partial charge on any atom is -0.339 e. The molecule has 0 amide bonds. The smallest absolute Gasteiger partial charge is 0.226 e. The molecule has 0 spiro atoms. The molecule has 0 aliphatic heterocycles. The Morgan fingerprint density at radius 2 is 2.36 bits per heavy atom. The van der Waals surface area contributed by atoms with Crippen molar-refractivity contribution in [2.45, 2.75) is 39.5 Å². The van der Waals surface area contributed by atoms with Gasteiger partial charge in [0.2, 0.25) is 5.89 Å². The van der Waals surface area contributed by atoms with Gasteiger partial charge >= 0.3 is 0 Å². The van der Waals surface area contributed by atoms with E-state index in [2.05, 4.69) is 23.1 Å². The van der Waals surface area contributed by atoms with Crippen molar-refractivity contribution in [2.24, 2.45) is 5.92 Å². The average Bonchev–Trinajstić information content (AvgIpc) is 2.53. The van der Waals surface area contributed by atoms with Gasteiger partial charge in [0.25, 0.3) is 0 Å². The molecule has 0 bridgehead atoms. The third kappa shape index (κ3) is 3.17. The first-order valence-corrected chi connectivity index (χ1v) is 4.94. The van der Waals surface area contributed by atoms with E-state index in [0.717, 1.165) is 18.7 Å². The lowest BCUT2D eigenvalue weighted by atomic mass is 10.1. The zero-order valence-corrected chi connectivity index (χ0v) is 8.66. The maximum Gasteiger partial charge on any atom is 0.226 e. The molecule has 1 aromatic heterocycles. The van der Waals surface area contributed by atoms with E-state index in [9.17, 15) is 0 Å². The van der Waals surface area contributed by atoms with E-state index in [1.807, 2.05) is 6.92 Å². The van der Waals surface area contributed by atoms with Gasteiger partial charge < -0.3 is 4.52 Å². The van der Waals surface area contributed by atoms with Gasteiger partial charge in [-0.3, -0.25) is 0 Å². The van der Waals surface area contributed by atoms with E-state index in [-0.39, 0.29) is 5.92 Å². The van der Waals surface area contributed by atoms with Crippen LogP contribution in [0.15, 0.2) is 4.52 Å². The summed E-state index contributed by atoms with van der Waals surface area (Å²) in [6.45, 7) is 4.08. The van der Waals surface area contributed by atoms with E-state index < -0.39 is 0 Å². The van der Waals surface area contributed by atoms with Gasteiger partial charge in [0.15, 0.2) is 5.82 Å². The zero-order chi connectivity index (χ0) is 10.4. The van der Waals surface area contributed by atoms with Crippen molar-refractivity contribution in [3.8, 4) is 6.07 Å². The van der Waals surface area contributed by atoms with Gasteiger partial charge in [-0.1, -0.05) is 19.0 Å². The quantitative estimate of drug-likeness (QED) is 0.718. The highest BCUT2D eigenvalue weighted by Crippen LogP contribution is 2.09. The normalized spacial score (nSPS) is 12.4. The van der Waals surface area contributed by atoms with Gasteiger partial charge in [0.1, 0.15) is 0 Å². The molecule has 1 rings (SSSR count). The lowest BCUT2D eigenvalue weighted by Gasteiger charge is -2.00. The van der Waals surface area contributed by atoms with Crippen LogP contribution in [0.4, 0.5) is 0 Å². The fraction of sp³-hybridized carbons (Fsp3) is 0.700. The molecule has 0 aliphatic rings. The molecule has 1 unspecified atom stereocenters. The van der Waals surface area contributed by atoms with Crippen LogP contribution in [0.1, 0.15) is 38.4 Å². The van der Waals surface area contributed by atoms with Crippen molar-refractivity contribution in [1.29, 1.82) is 5.26 Å². The minimum absolute atomic E-state index is 0.287. The van der Waals surface area contributed by atoms with E-state index >= 15 is 0 Å². The van der Waals surface area contributed by atoms with Crippen LogP contribution in [0.2, 0.25) is 0 Å². The molecule has 0 fully saturated rings. The minimum atomic E-state index is 0.287. The van der Waals surface area contributed by atoms with Crippen LogP contribution in [0, 0.1) is 17.2 Å². The molecule has 0 aromatic carbocycles. The highest BCUT2D eigenvalue weighted by molar-refractivity contribution is 4.88. The van der Waals surface area contributed by atoms with Crippen LogP contribution < -0.4 is 0 Å². The van der Waals surface area contributed by atoms with Crippen molar-refractivity contribution in [2.75, 3.05) is 0 Å². The van der Waals surface area contributed by atoms with E-state index in [0.29, 0.717) is 18.7 Å². The third-order valence-electron chi connectivity index (χ3n) is 1.95. The van der Waals surface area contributed by atoms with Gasteiger partial charge in [-0.15, -0.1) is 0 Å². The van der Waals surface area contributed by atoms with Crippen LogP contribution in [0.25, 0.3) is 0 Å². The monoisotopic (exact) mass is 193 g/mol. The summed E-state index contributed by atoms with van der Waals surface area (Å²) in [5, 5.41) is 12.3. The number of nitrogens with zero attached hydrogens (tertiary/aromatic N) is 3. The molecule has 0 N–H and O–H groups in total. The van der Waals surface area contributed by atoms with Gasteiger partial charge in [-0.2, -0.15) is 10.2 Å². The Hall–Kier alpha value is -1.37. The first kappa shape index (κ1) is 10.7. The van der Waals surface area contributed by atoms with Gasteiger partial charge in [0, 0.05) is 19.3 Å². The topological polar surface area (TPSA) is 62.7 Å². The third-order valence-corrected chi connectivity index (χ3v) is 1.95. The molecule has 0 aliphatic carbocycles. The van der Waals surface area contributed by atoms with E-state index in [1.165, 1.54) is 0 Å². The number of aromatic nitrogens is 2. The molecule has 0 saturated carbocycles. The Labute approximate surface area is 83.9 Å². The summed E-state index contributed by atoms with van der Waals surface area (Å²) in [5.74, 6) is 1.71. The highest BCUT2D eigenvalue weighted by Gasteiger charge is 2.09. The van der Waals surface area contributed by atoms with Crippen LogP contribution in [-0.2, 0) is 12.8 Å². The number of aryl methyl sites for hydroxylation is 1. The second kappa shape index (κ2) is 5.38. The summed E-state index contributed by atoms with van der Waals surface area (Å²) < 4.78 is 5.06. The number of hydrogen-bond acceptors (Lipinski definition) is 4. The summed E-state index contributed by atoms with van der Waals surface area (Å²) in [5.41, 5.74) is 0. The molecular weight excluding hydrogens is 178 g/mol. The lowest BCUT2D eigenvalue weighted by molar-refractivity contribution is 0.355. The average molecular weight is 193 g/mol. The van der Waals surface area contributed by atoms with E-state index in [1.54, 1.807) is 0 Å². The Morgan fingerprint density at radius 1 is 1.57 bits per heavy atom. The first-order chi connectivity index (χ1) is 6.76. The molecule has 1 atom stereocenters. The molecule has 4 nitrogen and oxygen atoms in total. The lowest BCUT2D eigenvalue weighted by Crippen LogP contribution is -1.99. The molecule has 76 valence electrons. The Kier molecular flexibility index (Phi) is 4.11. The summed E-state index contributed by atoms with van der Waals surface area (Å²) in [6.07, 6.45) is 3.11. The second-order valence-electron chi connectivity index (χ2n) is 3.53. The number of rotatable bonds is 5. The van der Waals surface area contributed by atoms with Crippen molar-refractivity contribution >= 4 is 0 Å². The molecule has 0 radical (unpaired) electrons. The Bertz CT molecular complexity index is 313. The molecule has 4 heteroatoms. The van der Waals surface area contributed by atoms with Crippen LogP contribution in [0.5, 0.6) is 0 Å². The van der Waals surface area contributed by atoms with Crippen LogP contribution in [0.3, 0.4) is 0 Å². The van der Waals surface area contributed by atoms with Crippen LogP contribution >= 0.6 is 0 Å². The Morgan fingerprint density at radius 3 is 3.00 bits per heavy atom. The maximum absolute atomic E-state index is 8.49. The van der Waals surface area contributed by atoms with Crippen molar-refractivity contribution in [3.05, 3.63) is 11.7 Å². The van der Waals surface area contributed by atoms with E-state index in [4.69, 9.17) is 9.78 Å². The maximum atomic E-state index is 8.49. The van der Waals surface area contributed by atoms with Gasteiger partial charge in [-0.05, 0) is 12.3 Å². The first-order valence-electron chi connectivity index (χ1n) is 4.94. The standard InChI is InChI=1S/C10H15N3O/c1-3-4-9-12-10(14-13-9)7-8(2)5-6-11/h8H,3-5,7H2,1-2H3. The Balaban J connectivity index is 2.47. The van der Waals surface area contributed by atoms with Crippen LogP contribution in [-0.4, -0.2) is 10.1 Å². The number of hydrogen-bond donors (Lipinski definition) is 0. The second-order valence-corrected chi connectivity index (χ2v) is 3.53. The largest absolute Gasteiger partial charge is 0.339 e. The molecule has 14 heavy (non-hydrogen) atoms. The van der Waals surface area contributed by atoms with Gasteiger partial charge in [-0.25, -0.2) is 0 Å². The predicted octanol–water partition coefficient (Wildman–Crippen LogP) is 2.11. The summed E-state index contributed by atoms with van der Waals surface area (Å²) in [4.78, 5) is 4.24. The highest BCUT2D eigenvalue weighted by atomic mass is 16.5. The summed E-state index contributed by atoms with van der Waals surface area (Å²) in [6, 6.07) is 2.13. The fourth-order valence-electron chi connectivity index (χ4n) is 1.22. The molecule has 1 heterocycles. The predicted molar refractivity (Wildman–Crippen MR) is 51.4 cm³/mol. The molecule has 0 saturated heterocycles. The summed E-state index contributed by atoms with van der Waals surface area (Å²) in [7, 11) is 0. The fourth-order valence-corrected chi connectivity index (χ4v) is 1.22. The van der Waals surface area contributed by atoms with Crippen molar-refractivity contribution in [1.82, 2.24) is 10.1 Å². The SMILES string of the molecule is CCCc1noc(CC(C)CC#N)n1. The zero-order valence-electron chi connectivity index (χ0n) is 8.66. The van der Waals surface area contributed by atoms with Crippen molar-refractivity contribution < 1.29 is 4.52 Å². The molecular formula is C10H15N3O. The summed E-state index contributed by atoms with van der Waals surface area (Å²) >= 11 is 0. The van der Waals surface area contributed by atoms with Crippen molar-refractivity contribution in [3.63, 3.8) is 0 Å².